The zero-order chi connectivity index (χ0) is 18.6. The Morgan fingerprint density at radius 2 is 2.15 bits per heavy atom. The van der Waals surface area contributed by atoms with Crippen LogP contribution in [-0.2, 0) is 6.42 Å². The summed E-state index contributed by atoms with van der Waals surface area (Å²) in [6.45, 7) is 1.10. The first-order chi connectivity index (χ1) is 13.2. The van der Waals surface area contributed by atoms with Crippen LogP contribution in [0.5, 0.6) is 11.5 Å². The molecule has 2 N–H and O–H groups in total. The maximum Gasteiger partial charge on any atom is 0.269 e. The van der Waals surface area contributed by atoms with Gasteiger partial charge in [-0.1, -0.05) is 6.07 Å². The highest BCUT2D eigenvalue weighted by Crippen LogP contribution is 2.30. The van der Waals surface area contributed by atoms with E-state index in [-0.39, 0.29) is 11.8 Å². The third kappa shape index (κ3) is 3.76. The number of rotatable bonds is 5. The van der Waals surface area contributed by atoms with Crippen molar-refractivity contribution in [2.45, 2.75) is 6.42 Å². The van der Waals surface area contributed by atoms with Gasteiger partial charge in [-0.15, -0.1) is 0 Å². The summed E-state index contributed by atoms with van der Waals surface area (Å²) >= 11 is 0. The number of aromatic amines is 1. The Balaban J connectivity index is 1.35. The van der Waals surface area contributed by atoms with Crippen molar-refractivity contribution >= 4 is 5.91 Å². The van der Waals surface area contributed by atoms with Gasteiger partial charge < -0.3 is 14.8 Å². The Bertz CT molecular complexity index is 939. The van der Waals surface area contributed by atoms with Gasteiger partial charge in [0.15, 0.2) is 0 Å². The van der Waals surface area contributed by atoms with Crippen LogP contribution in [0.1, 0.15) is 16.1 Å². The van der Waals surface area contributed by atoms with E-state index in [0.717, 1.165) is 29.0 Å². The lowest BCUT2D eigenvalue weighted by atomic mass is 9.96. The fraction of sp³-hybridized carbons (Fsp3) is 0.250. The number of ether oxygens (including phenoxy) is 2. The van der Waals surface area contributed by atoms with Crippen molar-refractivity contribution in [3.8, 4) is 22.8 Å². The average molecular weight is 364 g/mol. The van der Waals surface area contributed by atoms with Gasteiger partial charge in [0, 0.05) is 36.5 Å². The number of pyridine rings is 1. The lowest BCUT2D eigenvalue weighted by molar-refractivity contribution is 0.0934. The first-order valence-corrected chi connectivity index (χ1v) is 8.76. The maximum absolute atomic E-state index is 12.4. The Kier molecular flexibility index (Phi) is 4.74. The summed E-state index contributed by atoms with van der Waals surface area (Å²) in [5, 5.41) is 9.95. The van der Waals surface area contributed by atoms with Gasteiger partial charge in [-0.2, -0.15) is 5.10 Å². The Hall–Kier alpha value is -3.35. The minimum Gasteiger partial charge on any atom is -0.497 e. The molecule has 0 spiro atoms. The fourth-order valence-electron chi connectivity index (χ4n) is 3.11. The lowest BCUT2D eigenvalue weighted by Crippen LogP contribution is -2.35. The molecule has 3 heterocycles. The van der Waals surface area contributed by atoms with E-state index in [1.54, 1.807) is 25.6 Å². The number of fused-ring (bicyclic) bond motifs is 1. The fourth-order valence-corrected chi connectivity index (χ4v) is 3.11. The summed E-state index contributed by atoms with van der Waals surface area (Å²) in [5.41, 5.74) is 3.19. The zero-order valence-corrected chi connectivity index (χ0v) is 14.9. The molecule has 1 aliphatic heterocycles. The average Bonchev–Trinajstić information content (AvgIpc) is 3.22. The molecule has 3 aromatic rings. The van der Waals surface area contributed by atoms with Gasteiger partial charge in [-0.05, 0) is 36.2 Å². The van der Waals surface area contributed by atoms with Crippen molar-refractivity contribution in [3.63, 3.8) is 0 Å². The molecule has 0 bridgehead atoms. The Morgan fingerprint density at radius 3 is 2.96 bits per heavy atom. The number of carbonyl (C=O) groups is 1. The normalized spacial score (nSPS) is 15.5. The molecule has 1 aliphatic rings. The highest BCUT2D eigenvalue weighted by atomic mass is 16.5. The molecule has 1 amide bonds. The van der Waals surface area contributed by atoms with E-state index in [0.29, 0.717) is 24.5 Å². The van der Waals surface area contributed by atoms with Crippen molar-refractivity contribution in [1.82, 2.24) is 20.5 Å². The van der Waals surface area contributed by atoms with Crippen LogP contribution >= 0.6 is 0 Å². The molecule has 1 atom stereocenters. The number of hydrogen-bond donors (Lipinski definition) is 2. The highest BCUT2D eigenvalue weighted by molar-refractivity contribution is 5.93. The van der Waals surface area contributed by atoms with Crippen LogP contribution < -0.4 is 14.8 Å². The number of nitrogens with one attached hydrogen (secondary N) is 2. The van der Waals surface area contributed by atoms with Crippen LogP contribution in [-0.4, -0.2) is 41.3 Å². The Morgan fingerprint density at radius 1 is 1.30 bits per heavy atom. The van der Waals surface area contributed by atoms with Gasteiger partial charge in [0.05, 0.1) is 19.4 Å². The number of amides is 1. The quantitative estimate of drug-likeness (QED) is 0.726. The van der Waals surface area contributed by atoms with E-state index in [2.05, 4.69) is 20.5 Å². The SMILES string of the molecule is COc1ccc2c(c1)OCC(CNC(=O)c1cc(-c3ccncc3)n[nH]1)C2. The molecule has 0 radical (unpaired) electrons. The molecule has 2 aromatic heterocycles. The molecule has 1 aromatic carbocycles. The molecule has 0 fully saturated rings. The molecule has 0 saturated heterocycles. The number of nitrogens with zero attached hydrogens (tertiary/aromatic N) is 2. The van der Waals surface area contributed by atoms with Gasteiger partial charge in [0.2, 0.25) is 0 Å². The number of aromatic nitrogens is 3. The van der Waals surface area contributed by atoms with Crippen LogP contribution in [0.3, 0.4) is 0 Å². The number of hydrogen-bond acceptors (Lipinski definition) is 5. The van der Waals surface area contributed by atoms with Crippen molar-refractivity contribution in [2.24, 2.45) is 5.92 Å². The highest BCUT2D eigenvalue weighted by Gasteiger charge is 2.21. The summed E-state index contributed by atoms with van der Waals surface area (Å²) in [7, 11) is 1.64. The minimum absolute atomic E-state index is 0.177. The van der Waals surface area contributed by atoms with Crippen molar-refractivity contribution < 1.29 is 14.3 Å². The lowest BCUT2D eigenvalue weighted by Gasteiger charge is -2.25. The largest absolute Gasteiger partial charge is 0.497 e. The number of carbonyl (C=O) groups excluding carboxylic acids is 1. The second-order valence-corrected chi connectivity index (χ2v) is 6.47. The number of methoxy groups -OCH3 is 1. The van der Waals surface area contributed by atoms with Gasteiger partial charge in [0.25, 0.3) is 5.91 Å². The van der Waals surface area contributed by atoms with E-state index in [9.17, 15) is 4.79 Å². The number of benzene rings is 1. The van der Waals surface area contributed by atoms with E-state index >= 15 is 0 Å². The molecule has 0 aliphatic carbocycles. The first-order valence-electron chi connectivity index (χ1n) is 8.76. The third-order valence-electron chi connectivity index (χ3n) is 4.61. The Labute approximate surface area is 156 Å². The van der Waals surface area contributed by atoms with Crippen LogP contribution in [0.15, 0.2) is 48.8 Å². The smallest absolute Gasteiger partial charge is 0.269 e. The van der Waals surface area contributed by atoms with Gasteiger partial charge in [-0.25, -0.2) is 0 Å². The molecular formula is C20H20N4O3. The van der Waals surface area contributed by atoms with E-state index in [1.807, 2.05) is 30.3 Å². The van der Waals surface area contributed by atoms with Gasteiger partial charge >= 0.3 is 0 Å². The second kappa shape index (κ2) is 7.49. The van der Waals surface area contributed by atoms with Crippen LogP contribution in [0, 0.1) is 5.92 Å². The molecule has 27 heavy (non-hydrogen) atoms. The summed E-state index contributed by atoms with van der Waals surface area (Å²) < 4.78 is 11.0. The van der Waals surface area contributed by atoms with Crippen molar-refractivity contribution in [1.29, 1.82) is 0 Å². The van der Waals surface area contributed by atoms with Gasteiger partial charge in [-0.3, -0.25) is 14.9 Å². The molecule has 7 heteroatoms. The van der Waals surface area contributed by atoms with E-state index < -0.39 is 0 Å². The minimum atomic E-state index is -0.177. The van der Waals surface area contributed by atoms with E-state index in [1.165, 1.54) is 0 Å². The summed E-state index contributed by atoms with van der Waals surface area (Å²) in [6.07, 6.45) is 4.24. The summed E-state index contributed by atoms with van der Waals surface area (Å²) in [5.74, 6) is 1.68. The topological polar surface area (TPSA) is 89.1 Å². The molecule has 1 unspecified atom stereocenters. The molecular weight excluding hydrogens is 344 g/mol. The predicted molar refractivity (Wildman–Crippen MR) is 99.8 cm³/mol. The first kappa shape index (κ1) is 17.1. The van der Waals surface area contributed by atoms with Crippen LogP contribution in [0.2, 0.25) is 0 Å². The maximum atomic E-state index is 12.4. The van der Waals surface area contributed by atoms with E-state index in [4.69, 9.17) is 9.47 Å². The predicted octanol–water partition coefficient (Wildman–Crippen LogP) is 2.46. The number of H-pyrrole nitrogens is 1. The van der Waals surface area contributed by atoms with Gasteiger partial charge in [0.1, 0.15) is 17.2 Å². The van der Waals surface area contributed by atoms with Crippen LogP contribution in [0.4, 0.5) is 0 Å². The zero-order valence-electron chi connectivity index (χ0n) is 14.9. The monoisotopic (exact) mass is 364 g/mol. The van der Waals surface area contributed by atoms with Crippen molar-refractivity contribution in [2.75, 3.05) is 20.3 Å². The van der Waals surface area contributed by atoms with Crippen molar-refractivity contribution in [3.05, 3.63) is 60.0 Å². The molecule has 7 nitrogen and oxygen atoms in total. The standard InChI is InChI=1S/C20H20N4O3/c1-26-16-3-2-15-8-13(12-27-19(15)9-16)11-22-20(25)18-10-17(23-24-18)14-4-6-21-7-5-14/h2-7,9-10,13H,8,11-12H2,1H3,(H,22,25)(H,23,24). The summed E-state index contributed by atoms with van der Waals surface area (Å²) in [4.78, 5) is 16.4. The molecule has 4 rings (SSSR count). The molecule has 138 valence electrons. The summed E-state index contributed by atoms with van der Waals surface area (Å²) in [6, 6.07) is 11.3. The third-order valence-corrected chi connectivity index (χ3v) is 4.61. The van der Waals surface area contributed by atoms with Crippen LogP contribution in [0.25, 0.3) is 11.3 Å². The second-order valence-electron chi connectivity index (χ2n) is 6.47. The molecule has 0 saturated carbocycles.